The highest BCUT2D eigenvalue weighted by Crippen LogP contribution is 2.23. The second-order valence-electron chi connectivity index (χ2n) is 5.02. The maximum atomic E-state index is 13.3. The highest BCUT2D eigenvalue weighted by Gasteiger charge is 2.17. The third-order valence-corrected chi connectivity index (χ3v) is 3.54. The summed E-state index contributed by atoms with van der Waals surface area (Å²) in [4.78, 5) is 13.2. The molecule has 6 heteroatoms. The molecule has 0 saturated carbocycles. The van der Waals surface area contributed by atoms with Crippen molar-refractivity contribution in [3.8, 4) is 0 Å². The molecule has 1 aromatic carbocycles. The summed E-state index contributed by atoms with van der Waals surface area (Å²) in [6.45, 7) is 2.29. The molecule has 1 aromatic heterocycles. The lowest BCUT2D eigenvalue weighted by atomic mass is 10.1. The zero-order valence-corrected chi connectivity index (χ0v) is 12.6. The molecule has 1 heterocycles. The number of nitrogens with zero attached hydrogens (tertiary/aromatic N) is 1. The number of hydrogen-bond donors (Lipinski definition) is 0. The molecule has 0 fully saturated rings. The van der Waals surface area contributed by atoms with E-state index in [1.54, 1.807) is 12.1 Å². The number of methoxy groups -OCH3 is 1. The highest BCUT2D eigenvalue weighted by molar-refractivity contribution is 5.86. The lowest BCUT2D eigenvalue weighted by Crippen LogP contribution is -2.21. The predicted octanol–water partition coefficient (Wildman–Crippen LogP) is 3.54. The van der Waals surface area contributed by atoms with Crippen molar-refractivity contribution >= 4 is 5.97 Å². The van der Waals surface area contributed by atoms with E-state index in [2.05, 4.69) is 4.74 Å². The van der Waals surface area contributed by atoms with Crippen LogP contribution in [-0.4, -0.2) is 25.0 Å². The van der Waals surface area contributed by atoms with E-state index in [9.17, 15) is 13.6 Å². The van der Waals surface area contributed by atoms with Gasteiger partial charge in [0.1, 0.15) is 5.76 Å². The fourth-order valence-electron chi connectivity index (χ4n) is 2.08. The Morgan fingerprint density at radius 1 is 1.27 bits per heavy atom. The molecule has 0 spiro atoms. The van der Waals surface area contributed by atoms with E-state index < -0.39 is 17.6 Å². The molecule has 22 heavy (non-hydrogen) atoms. The highest BCUT2D eigenvalue weighted by atomic mass is 19.2. The fraction of sp³-hybridized carbons (Fsp3) is 0.312. The number of carbonyl (C=O) groups is 1. The number of furan rings is 1. The SMILES string of the molecule is COC(=O)c1ccc(CN(C)C(C)c2ccc(F)c(F)c2)o1. The van der Waals surface area contributed by atoms with Crippen LogP contribution in [0.1, 0.15) is 34.8 Å². The van der Waals surface area contributed by atoms with Crippen LogP contribution in [0.4, 0.5) is 8.78 Å². The van der Waals surface area contributed by atoms with Crippen LogP contribution in [-0.2, 0) is 11.3 Å². The van der Waals surface area contributed by atoms with Gasteiger partial charge in [-0.25, -0.2) is 13.6 Å². The fourth-order valence-corrected chi connectivity index (χ4v) is 2.08. The van der Waals surface area contributed by atoms with E-state index in [1.807, 2.05) is 18.9 Å². The van der Waals surface area contributed by atoms with Gasteiger partial charge in [-0.2, -0.15) is 0 Å². The molecule has 0 amide bonds. The maximum Gasteiger partial charge on any atom is 0.373 e. The third-order valence-electron chi connectivity index (χ3n) is 3.54. The zero-order chi connectivity index (χ0) is 16.3. The minimum Gasteiger partial charge on any atom is -0.463 e. The molecule has 0 aliphatic carbocycles. The summed E-state index contributed by atoms with van der Waals surface area (Å²) in [5.74, 6) is -1.57. The minimum atomic E-state index is -0.872. The van der Waals surface area contributed by atoms with Crippen LogP contribution in [0.5, 0.6) is 0 Å². The Kier molecular flexibility index (Phi) is 4.92. The smallest absolute Gasteiger partial charge is 0.373 e. The van der Waals surface area contributed by atoms with Crippen molar-refractivity contribution in [2.24, 2.45) is 0 Å². The second kappa shape index (κ2) is 6.70. The van der Waals surface area contributed by atoms with Crippen LogP contribution in [0.3, 0.4) is 0 Å². The zero-order valence-electron chi connectivity index (χ0n) is 12.6. The van der Waals surface area contributed by atoms with Gasteiger partial charge in [0.15, 0.2) is 11.6 Å². The lowest BCUT2D eigenvalue weighted by molar-refractivity contribution is 0.0561. The van der Waals surface area contributed by atoms with Crippen LogP contribution in [0.25, 0.3) is 0 Å². The van der Waals surface area contributed by atoms with Gasteiger partial charge in [0.2, 0.25) is 5.76 Å². The number of hydrogen-bond acceptors (Lipinski definition) is 4. The molecule has 2 rings (SSSR count). The molecule has 118 valence electrons. The third kappa shape index (κ3) is 3.51. The molecule has 0 N–H and O–H groups in total. The number of esters is 1. The Morgan fingerprint density at radius 3 is 2.64 bits per heavy atom. The maximum absolute atomic E-state index is 13.3. The summed E-state index contributed by atoms with van der Waals surface area (Å²) in [5, 5.41) is 0. The van der Waals surface area contributed by atoms with Gasteiger partial charge in [-0.3, -0.25) is 4.90 Å². The van der Waals surface area contributed by atoms with E-state index in [-0.39, 0.29) is 11.8 Å². The lowest BCUT2D eigenvalue weighted by Gasteiger charge is -2.24. The summed E-state index contributed by atoms with van der Waals surface area (Å²) < 4.78 is 36.2. The van der Waals surface area contributed by atoms with E-state index in [1.165, 1.54) is 19.2 Å². The van der Waals surface area contributed by atoms with Crippen LogP contribution >= 0.6 is 0 Å². The van der Waals surface area contributed by atoms with Gasteiger partial charge in [-0.05, 0) is 43.8 Å². The molecule has 4 nitrogen and oxygen atoms in total. The summed E-state index contributed by atoms with van der Waals surface area (Å²) in [6, 6.07) is 6.90. The topological polar surface area (TPSA) is 42.7 Å². The number of halogens is 2. The van der Waals surface area contributed by atoms with Gasteiger partial charge in [0.25, 0.3) is 0 Å². The normalized spacial score (nSPS) is 12.5. The van der Waals surface area contributed by atoms with Crippen molar-refractivity contribution in [3.63, 3.8) is 0 Å². The quantitative estimate of drug-likeness (QED) is 0.792. The van der Waals surface area contributed by atoms with Crippen molar-refractivity contribution in [3.05, 3.63) is 59.1 Å². The molecular formula is C16H17F2NO3. The Hall–Kier alpha value is -2.21. The number of ether oxygens (including phenoxy) is 1. The molecule has 0 bridgehead atoms. The number of carbonyl (C=O) groups excluding carboxylic acids is 1. The average molecular weight is 309 g/mol. The number of benzene rings is 1. The van der Waals surface area contributed by atoms with Crippen molar-refractivity contribution in [2.75, 3.05) is 14.2 Å². The van der Waals surface area contributed by atoms with Crippen molar-refractivity contribution in [2.45, 2.75) is 19.5 Å². The van der Waals surface area contributed by atoms with Crippen LogP contribution in [0.2, 0.25) is 0 Å². The van der Waals surface area contributed by atoms with Crippen LogP contribution in [0, 0.1) is 11.6 Å². The van der Waals surface area contributed by atoms with Gasteiger partial charge < -0.3 is 9.15 Å². The first-order valence-corrected chi connectivity index (χ1v) is 6.74. The van der Waals surface area contributed by atoms with Crippen LogP contribution in [0.15, 0.2) is 34.7 Å². The Bertz CT molecular complexity index is 669. The Labute approximate surface area is 127 Å². The Morgan fingerprint density at radius 2 is 2.00 bits per heavy atom. The van der Waals surface area contributed by atoms with Crippen molar-refractivity contribution in [1.29, 1.82) is 0 Å². The summed E-state index contributed by atoms with van der Waals surface area (Å²) in [6.07, 6.45) is 0. The van der Waals surface area contributed by atoms with Gasteiger partial charge in [0.05, 0.1) is 13.7 Å². The van der Waals surface area contributed by atoms with Crippen molar-refractivity contribution < 1.29 is 22.7 Å². The van der Waals surface area contributed by atoms with E-state index in [4.69, 9.17) is 4.42 Å². The van der Waals surface area contributed by atoms with Gasteiger partial charge in [-0.15, -0.1) is 0 Å². The first-order chi connectivity index (χ1) is 10.4. The van der Waals surface area contributed by atoms with Gasteiger partial charge >= 0.3 is 5.97 Å². The molecule has 0 aliphatic rings. The monoisotopic (exact) mass is 309 g/mol. The Balaban J connectivity index is 2.07. The standard InChI is InChI=1S/C16H17F2NO3/c1-10(11-4-6-13(17)14(18)8-11)19(2)9-12-5-7-15(22-12)16(20)21-3/h4-8,10H,9H2,1-3H3. The molecule has 0 aliphatic heterocycles. The largest absolute Gasteiger partial charge is 0.463 e. The summed E-state index contributed by atoms with van der Waals surface area (Å²) in [5.41, 5.74) is 0.654. The van der Waals surface area contributed by atoms with Gasteiger partial charge in [-0.1, -0.05) is 6.07 Å². The van der Waals surface area contributed by atoms with Gasteiger partial charge in [0, 0.05) is 6.04 Å². The van der Waals surface area contributed by atoms with Crippen LogP contribution < -0.4 is 0 Å². The molecule has 1 atom stereocenters. The molecular weight excluding hydrogens is 292 g/mol. The molecule has 1 unspecified atom stereocenters. The first kappa shape index (κ1) is 16.2. The molecule has 0 radical (unpaired) electrons. The van der Waals surface area contributed by atoms with E-state index >= 15 is 0 Å². The molecule has 0 saturated heterocycles. The average Bonchev–Trinajstić information content (AvgIpc) is 2.96. The van der Waals surface area contributed by atoms with E-state index in [0.717, 1.165) is 6.07 Å². The summed E-state index contributed by atoms with van der Waals surface area (Å²) in [7, 11) is 3.11. The predicted molar refractivity (Wildman–Crippen MR) is 76.3 cm³/mol. The summed E-state index contributed by atoms with van der Waals surface area (Å²) >= 11 is 0. The van der Waals surface area contributed by atoms with E-state index in [0.29, 0.717) is 17.9 Å². The van der Waals surface area contributed by atoms with Crippen molar-refractivity contribution in [1.82, 2.24) is 4.90 Å². The first-order valence-electron chi connectivity index (χ1n) is 6.74. The second-order valence-corrected chi connectivity index (χ2v) is 5.02. The number of rotatable bonds is 5. The minimum absolute atomic E-state index is 0.131. The molecule has 2 aromatic rings.